The first-order valence-electron chi connectivity index (χ1n) is 12.6. The zero-order valence-corrected chi connectivity index (χ0v) is 23.5. The molecule has 0 fully saturated rings. The van der Waals surface area contributed by atoms with Gasteiger partial charge in [0.2, 0.25) is 11.1 Å². The molecule has 0 spiro atoms. The number of hydrogen-bond donors (Lipinski definition) is 0. The van der Waals surface area contributed by atoms with Crippen LogP contribution < -0.4 is 8.92 Å². The molecule has 0 aliphatic rings. The number of nitrogens with zero attached hydrogens (tertiary/aromatic N) is 2. The molecule has 2 rings (SSSR count). The molecular weight excluding hydrogens is 500 g/mol. The number of hydroxylamine groups is 2. The normalized spacial score (nSPS) is 13.2. The first-order chi connectivity index (χ1) is 17.5. The van der Waals surface area contributed by atoms with Crippen molar-refractivity contribution in [1.82, 2.24) is 9.37 Å². The summed E-state index contributed by atoms with van der Waals surface area (Å²) in [6.07, 6.45) is 3.70. The summed E-state index contributed by atoms with van der Waals surface area (Å²) in [6.45, 7) is 11.6. The van der Waals surface area contributed by atoms with Crippen LogP contribution in [0.2, 0.25) is 0 Å². The van der Waals surface area contributed by atoms with E-state index in [1.807, 2.05) is 16.4 Å². The molecule has 2 atom stereocenters. The van der Waals surface area contributed by atoms with Crippen LogP contribution >= 0.6 is 0 Å². The summed E-state index contributed by atoms with van der Waals surface area (Å²) >= 11 is -3.05. The third kappa shape index (κ3) is 11.1. The number of benzene rings is 2. The van der Waals surface area contributed by atoms with E-state index >= 15 is 0 Å². The third-order valence-corrected chi connectivity index (χ3v) is 7.09. The fourth-order valence-electron chi connectivity index (χ4n) is 3.28. The lowest BCUT2D eigenvalue weighted by Gasteiger charge is -2.19. The fourth-order valence-corrected chi connectivity index (χ4v) is 5.11. The highest BCUT2D eigenvalue weighted by Gasteiger charge is 2.14. The van der Waals surface area contributed by atoms with Crippen molar-refractivity contribution < 1.29 is 26.4 Å². The largest absolute Gasteiger partial charge is 0.468 e. The minimum absolute atomic E-state index is 0.0761. The van der Waals surface area contributed by atoms with E-state index in [2.05, 4.69) is 27.7 Å². The molecule has 8 nitrogen and oxygen atoms in total. The Labute approximate surface area is 221 Å². The van der Waals surface area contributed by atoms with Gasteiger partial charge in [-0.1, -0.05) is 39.8 Å². The molecule has 10 heteroatoms. The van der Waals surface area contributed by atoms with Gasteiger partial charge in [-0.2, -0.15) is 17.9 Å². The van der Waals surface area contributed by atoms with Crippen LogP contribution in [-0.4, -0.2) is 50.8 Å². The van der Waals surface area contributed by atoms with Crippen molar-refractivity contribution >= 4 is 22.3 Å². The van der Waals surface area contributed by atoms with Crippen LogP contribution in [-0.2, 0) is 38.0 Å². The summed E-state index contributed by atoms with van der Waals surface area (Å²) in [6, 6.07) is 14.3. The average Bonchev–Trinajstić information content (AvgIpc) is 2.88. The fraction of sp³-hybridized carbons (Fsp3) is 0.538. The Kier molecular flexibility index (Phi) is 14.9. The van der Waals surface area contributed by atoms with E-state index in [0.717, 1.165) is 57.4 Å². The minimum atomic E-state index is -1.54. The van der Waals surface area contributed by atoms with Gasteiger partial charge in [-0.3, -0.25) is 0 Å². The summed E-state index contributed by atoms with van der Waals surface area (Å²) in [5.74, 6) is 1.14. The molecule has 0 saturated heterocycles. The molecule has 0 aromatic heterocycles. The topological polar surface area (TPSA) is 77.5 Å². The monoisotopic (exact) mass is 540 g/mol. The van der Waals surface area contributed by atoms with Gasteiger partial charge in [0.15, 0.2) is 6.79 Å². The lowest BCUT2D eigenvalue weighted by Crippen LogP contribution is -2.30. The van der Waals surface area contributed by atoms with Crippen molar-refractivity contribution in [3.63, 3.8) is 0 Å². The smallest absolute Gasteiger partial charge is 0.290 e. The van der Waals surface area contributed by atoms with E-state index in [4.69, 9.17) is 17.9 Å². The van der Waals surface area contributed by atoms with Crippen LogP contribution in [0.4, 0.5) is 0 Å². The SMILES string of the molecule is CCCN(CCC)OS(=O)c1ccc(COCOc2ccc(OS(=O)N(CCC)CCC)cc2)cc1. The van der Waals surface area contributed by atoms with E-state index in [9.17, 15) is 8.42 Å². The number of hydrogen-bond acceptors (Lipinski definition) is 7. The zero-order valence-electron chi connectivity index (χ0n) is 21.9. The number of rotatable bonds is 19. The van der Waals surface area contributed by atoms with Gasteiger partial charge in [0.1, 0.15) is 11.5 Å². The Morgan fingerprint density at radius 3 is 1.83 bits per heavy atom. The standard InChI is InChI=1S/C26H40N2O6S2/c1-5-17-27(18-6-2)34-35(29)26-15-9-23(10-16-26)21-31-22-32-24-11-13-25(14-12-24)33-36(30)28(19-7-3)20-8-4/h9-16H,5-8,17-22H2,1-4H3. The molecular formula is C26H40N2O6S2. The Hall–Kier alpha value is -1.82. The first-order valence-corrected chi connectivity index (χ1v) is 14.7. The molecule has 0 amide bonds. The Morgan fingerprint density at radius 2 is 1.28 bits per heavy atom. The highest BCUT2D eigenvalue weighted by molar-refractivity contribution is 7.80. The second-order valence-electron chi connectivity index (χ2n) is 8.19. The highest BCUT2D eigenvalue weighted by atomic mass is 32.2. The van der Waals surface area contributed by atoms with Crippen molar-refractivity contribution in [3.8, 4) is 11.5 Å². The van der Waals surface area contributed by atoms with E-state index < -0.39 is 22.3 Å². The molecule has 0 heterocycles. The van der Waals surface area contributed by atoms with Crippen molar-refractivity contribution in [1.29, 1.82) is 0 Å². The van der Waals surface area contributed by atoms with Crippen LogP contribution in [0, 0.1) is 0 Å². The molecule has 2 aromatic carbocycles. The van der Waals surface area contributed by atoms with Crippen molar-refractivity contribution in [3.05, 3.63) is 54.1 Å². The van der Waals surface area contributed by atoms with E-state index in [-0.39, 0.29) is 6.79 Å². The molecule has 2 unspecified atom stereocenters. The zero-order chi connectivity index (χ0) is 26.2. The van der Waals surface area contributed by atoms with Gasteiger partial charge in [0, 0.05) is 26.2 Å². The quantitative estimate of drug-likeness (QED) is 0.134. The van der Waals surface area contributed by atoms with Crippen molar-refractivity contribution in [2.75, 3.05) is 33.0 Å². The van der Waals surface area contributed by atoms with Crippen LogP contribution in [0.3, 0.4) is 0 Å². The van der Waals surface area contributed by atoms with E-state index in [1.54, 1.807) is 41.5 Å². The van der Waals surface area contributed by atoms with Gasteiger partial charge in [0.05, 0.1) is 11.5 Å². The van der Waals surface area contributed by atoms with Crippen LogP contribution in [0.5, 0.6) is 11.5 Å². The van der Waals surface area contributed by atoms with Gasteiger partial charge in [-0.25, -0.2) is 4.21 Å². The second-order valence-corrected chi connectivity index (χ2v) is 10.4. The molecule has 2 aromatic rings. The van der Waals surface area contributed by atoms with Gasteiger partial charge >= 0.3 is 0 Å². The van der Waals surface area contributed by atoms with Gasteiger partial charge < -0.3 is 13.7 Å². The second kappa shape index (κ2) is 17.6. The third-order valence-electron chi connectivity index (χ3n) is 4.96. The molecule has 0 radical (unpaired) electrons. The molecule has 0 N–H and O–H groups in total. The molecule has 0 aliphatic carbocycles. The van der Waals surface area contributed by atoms with Crippen LogP contribution in [0.25, 0.3) is 0 Å². The Bertz CT molecular complexity index is 900. The van der Waals surface area contributed by atoms with Gasteiger partial charge in [-0.15, -0.1) is 0 Å². The Morgan fingerprint density at radius 1 is 0.722 bits per heavy atom. The molecule has 0 aliphatic heterocycles. The molecule has 0 bridgehead atoms. The maximum absolute atomic E-state index is 12.5. The summed E-state index contributed by atoms with van der Waals surface area (Å²) in [5, 5.41) is 1.76. The lowest BCUT2D eigenvalue weighted by molar-refractivity contribution is -0.0443. The maximum Gasteiger partial charge on any atom is 0.290 e. The summed E-state index contributed by atoms with van der Waals surface area (Å²) < 4.78 is 49.1. The van der Waals surface area contributed by atoms with Crippen LogP contribution in [0.15, 0.2) is 53.4 Å². The summed E-state index contributed by atoms with van der Waals surface area (Å²) in [4.78, 5) is 0.614. The first kappa shape index (κ1) is 30.4. The van der Waals surface area contributed by atoms with E-state index in [0.29, 0.717) is 23.0 Å². The van der Waals surface area contributed by atoms with Crippen molar-refractivity contribution in [2.45, 2.75) is 64.9 Å². The predicted octanol–water partition coefficient (Wildman–Crippen LogP) is 5.40. The van der Waals surface area contributed by atoms with E-state index in [1.165, 1.54) is 0 Å². The Balaban J connectivity index is 1.75. The van der Waals surface area contributed by atoms with Crippen LogP contribution in [0.1, 0.15) is 58.9 Å². The molecule has 0 saturated carbocycles. The summed E-state index contributed by atoms with van der Waals surface area (Å²) in [5.41, 5.74) is 0.938. The van der Waals surface area contributed by atoms with Gasteiger partial charge in [-0.05, 0) is 67.6 Å². The lowest BCUT2D eigenvalue weighted by atomic mass is 10.2. The number of ether oxygens (including phenoxy) is 2. The van der Waals surface area contributed by atoms with Gasteiger partial charge in [0.25, 0.3) is 11.3 Å². The summed E-state index contributed by atoms with van der Waals surface area (Å²) in [7, 11) is 0. The highest BCUT2D eigenvalue weighted by Crippen LogP contribution is 2.19. The minimum Gasteiger partial charge on any atom is -0.468 e. The molecule has 36 heavy (non-hydrogen) atoms. The average molecular weight is 541 g/mol. The predicted molar refractivity (Wildman–Crippen MR) is 144 cm³/mol. The van der Waals surface area contributed by atoms with Crippen molar-refractivity contribution in [2.24, 2.45) is 0 Å². The maximum atomic E-state index is 12.5. The molecule has 202 valence electrons.